The summed E-state index contributed by atoms with van der Waals surface area (Å²) in [5.41, 5.74) is 1.79. The molecule has 3 aromatic carbocycles. The summed E-state index contributed by atoms with van der Waals surface area (Å²) in [5, 5.41) is 3.19. The van der Waals surface area contributed by atoms with Gasteiger partial charge in [-0.15, -0.1) is 0 Å². The minimum atomic E-state index is -4.16. The molecule has 1 atom stereocenters. The summed E-state index contributed by atoms with van der Waals surface area (Å²) in [5.74, 6) is -0.214. The number of sulfonamides is 1. The molecule has 3 aromatic rings. The van der Waals surface area contributed by atoms with Crippen molar-refractivity contribution >= 4 is 39.1 Å². The number of anilines is 1. The number of aryl methyl sites for hydroxylation is 1. The third-order valence-corrected chi connectivity index (χ3v) is 8.31. The van der Waals surface area contributed by atoms with Crippen molar-refractivity contribution < 1.29 is 22.7 Å². The average Bonchev–Trinajstić information content (AvgIpc) is 2.92. The van der Waals surface area contributed by atoms with Crippen molar-refractivity contribution in [2.45, 2.75) is 44.7 Å². The zero-order chi connectivity index (χ0) is 28.6. The van der Waals surface area contributed by atoms with Crippen LogP contribution >= 0.6 is 11.6 Å². The molecule has 10 heteroatoms. The van der Waals surface area contributed by atoms with E-state index in [2.05, 4.69) is 5.32 Å². The first-order chi connectivity index (χ1) is 18.6. The Labute approximate surface area is 235 Å². The topological polar surface area (TPSA) is 96.0 Å². The van der Waals surface area contributed by atoms with E-state index in [4.69, 9.17) is 16.3 Å². The molecule has 0 aliphatic carbocycles. The van der Waals surface area contributed by atoms with Crippen LogP contribution in [0.1, 0.15) is 31.4 Å². The molecule has 0 aliphatic rings. The quantitative estimate of drug-likeness (QED) is 0.337. The summed E-state index contributed by atoms with van der Waals surface area (Å²) in [6.45, 7) is 5.38. The van der Waals surface area contributed by atoms with E-state index in [-0.39, 0.29) is 17.3 Å². The Morgan fingerprint density at radius 2 is 1.69 bits per heavy atom. The summed E-state index contributed by atoms with van der Waals surface area (Å²) < 4.78 is 34.2. The highest BCUT2D eigenvalue weighted by atomic mass is 35.5. The van der Waals surface area contributed by atoms with Crippen LogP contribution in [-0.2, 0) is 26.2 Å². The zero-order valence-corrected chi connectivity index (χ0v) is 24.1. The van der Waals surface area contributed by atoms with Crippen LogP contribution in [-0.4, -0.2) is 51.4 Å². The Balaban J connectivity index is 2.08. The van der Waals surface area contributed by atoms with Crippen LogP contribution in [0.2, 0.25) is 5.02 Å². The van der Waals surface area contributed by atoms with Gasteiger partial charge in [0.25, 0.3) is 10.0 Å². The van der Waals surface area contributed by atoms with Gasteiger partial charge in [0.1, 0.15) is 18.3 Å². The van der Waals surface area contributed by atoms with Crippen molar-refractivity contribution in [2.75, 3.05) is 24.5 Å². The number of hydrogen-bond donors (Lipinski definition) is 1. The van der Waals surface area contributed by atoms with Crippen molar-refractivity contribution in [3.8, 4) is 5.75 Å². The predicted molar refractivity (Wildman–Crippen MR) is 153 cm³/mol. The van der Waals surface area contributed by atoms with Crippen LogP contribution in [0.3, 0.4) is 0 Å². The first-order valence-electron chi connectivity index (χ1n) is 12.7. The van der Waals surface area contributed by atoms with Crippen molar-refractivity contribution in [1.29, 1.82) is 0 Å². The summed E-state index contributed by atoms with van der Waals surface area (Å²) in [6.07, 6.45) is 0.343. The largest absolute Gasteiger partial charge is 0.497 e. The number of ether oxygens (including phenoxy) is 1. The highest BCUT2D eigenvalue weighted by Crippen LogP contribution is 2.28. The standard InChI is InChI=1S/C29H34ClN3O5S/c1-5-26(29(35)31-6-2)32(19-22-11-9-12-24(18-22)38-4)28(34)20-33(27-13-8-7-10-21(27)3)39(36,37)25-16-14-23(30)15-17-25/h7-18,26H,5-6,19-20H2,1-4H3,(H,31,35). The van der Waals surface area contributed by atoms with Gasteiger partial charge in [-0.05, 0) is 73.9 Å². The van der Waals surface area contributed by atoms with Gasteiger partial charge in [0.15, 0.2) is 0 Å². The molecule has 8 nitrogen and oxygen atoms in total. The molecule has 2 amide bonds. The second-order valence-electron chi connectivity index (χ2n) is 8.94. The van der Waals surface area contributed by atoms with Gasteiger partial charge in [0, 0.05) is 18.1 Å². The highest BCUT2D eigenvalue weighted by Gasteiger charge is 2.34. The Morgan fingerprint density at radius 3 is 2.31 bits per heavy atom. The van der Waals surface area contributed by atoms with E-state index >= 15 is 0 Å². The maximum absolute atomic E-state index is 14.0. The number of para-hydroxylation sites is 1. The molecule has 0 aromatic heterocycles. The number of halogens is 1. The summed E-state index contributed by atoms with van der Waals surface area (Å²) in [7, 11) is -2.61. The summed E-state index contributed by atoms with van der Waals surface area (Å²) >= 11 is 6.00. The van der Waals surface area contributed by atoms with Crippen LogP contribution in [0, 0.1) is 6.92 Å². The third kappa shape index (κ3) is 7.30. The lowest BCUT2D eigenvalue weighted by molar-refractivity contribution is -0.140. The van der Waals surface area contributed by atoms with Gasteiger partial charge in [0.05, 0.1) is 17.7 Å². The molecule has 0 saturated carbocycles. The van der Waals surface area contributed by atoms with Crippen molar-refractivity contribution in [1.82, 2.24) is 10.2 Å². The van der Waals surface area contributed by atoms with E-state index in [0.717, 1.165) is 9.87 Å². The number of amides is 2. The molecule has 39 heavy (non-hydrogen) atoms. The maximum atomic E-state index is 14.0. The lowest BCUT2D eigenvalue weighted by atomic mass is 10.1. The number of carbonyl (C=O) groups excluding carboxylic acids is 2. The molecular weight excluding hydrogens is 538 g/mol. The number of nitrogens with one attached hydrogen (secondary N) is 1. The number of methoxy groups -OCH3 is 1. The number of hydrogen-bond acceptors (Lipinski definition) is 5. The monoisotopic (exact) mass is 571 g/mol. The normalized spacial score (nSPS) is 11.9. The van der Waals surface area contributed by atoms with Gasteiger partial charge in [-0.1, -0.05) is 48.9 Å². The average molecular weight is 572 g/mol. The molecule has 0 saturated heterocycles. The fourth-order valence-electron chi connectivity index (χ4n) is 4.27. The van der Waals surface area contributed by atoms with Gasteiger partial charge in [-0.3, -0.25) is 13.9 Å². The van der Waals surface area contributed by atoms with E-state index in [1.54, 1.807) is 63.4 Å². The van der Waals surface area contributed by atoms with E-state index in [0.29, 0.717) is 35.0 Å². The smallest absolute Gasteiger partial charge is 0.264 e. The van der Waals surface area contributed by atoms with Gasteiger partial charge >= 0.3 is 0 Å². The highest BCUT2D eigenvalue weighted by molar-refractivity contribution is 7.92. The molecule has 0 fully saturated rings. The molecule has 0 aliphatic heterocycles. The molecule has 3 rings (SSSR count). The Hall–Kier alpha value is -3.56. The lowest BCUT2D eigenvalue weighted by Gasteiger charge is -2.33. The fraction of sp³-hybridized carbons (Fsp3) is 0.310. The number of nitrogens with zero attached hydrogens (tertiary/aromatic N) is 2. The minimum Gasteiger partial charge on any atom is -0.497 e. The Kier molecular flexibility index (Phi) is 10.4. The van der Waals surface area contributed by atoms with E-state index in [9.17, 15) is 18.0 Å². The first kappa shape index (κ1) is 30.0. The van der Waals surface area contributed by atoms with Crippen LogP contribution in [0.25, 0.3) is 0 Å². The van der Waals surface area contributed by atoms with Crippen LogP contribution in [0.5, 0.6) is 5.75 Å². The van der Waals surface area contributed by atoms with Crippen molar-refractivity contribution in [3.63, 3.8) is 0 Å². The SMILES string of the molecule is CCNC(=O)C(CC)N(Cc1cccc(OC)c1)C(=O)CN(c1ccccc1C)S(=O)(=O)c1ccc(Cl)cc1. The minimum absolute atomic E-state index is 0.00179. The second-order valence-corrected chi connectivity index (χ2v) is 11.2. The third-order valence-electron chi connectivity index (χ3n) is 6.29. The molecule has 1 unspecified atom stereocenters. The predicted octanol–water partition coefficient (Wildman–Crippen LogP) is 4.80. The first-order valence-corrected chi connectivity index (χ1v) is 14.5. The van der Waals surface area contributed by atoms with Crippen LogP contribution in [0.15, 0.2) is 77.7 Å². The van der Waals surface area contributed by atoms with Crippen LogP contribution < -0.4 is 14.4 Å². The maximum Gasteiger partial charge on any atom is 0.264 e. The Morgan fingerprint density at radius 1 is 1.00 bits per heavy atom. The van der Waals surface area contributed by atoms with E-state index < -0.39 is 28.5 Å². The lowest BCUT2D eigenvalue weighted by Crippen LogP contribution is -2.52. The summed E-state index contributed by atoms with van der Waals surface area (Å²) in [6, 6.07) is 19.1. The molecule has 0 spiro atoms. The van der Waals surface area contributed by atoms with Crippen molar-refractivity contribution in [3.05, 3.63) is 88.9 Å². The molecule has 0 bridgehead atoms. The number of benzene rings is 3. The zero-order valence-electron chi connectivity index (χ0n) is 22.6. The van der Waals surface area contributed by atoms with Gasteiger partial charge in [-0.2, -0.15) is 0 Å². The number of likely N-dealkylation sites (N-methyl/N-ethyl adjacent to an activating group) is 1. The van der Waals surface area contributed by atoms with E-state index in [1.165, 1.54) is 29.2 Å². The fourth-order valence-corrected chi connectivity index (χ4v) is 5.87. The van der Waals surface area contributed by atoms with Gasteiger partial charge in [-0.25, -0.2) is 8.42 Å². The van der Waals surface area contributed by atoms with E-state index in [1.807, 2.05) is 13.0 Å². The number of rotatable bonds is 12. The molecule has 0 radical (unpaired) electrons. The second kappa shape index (κ2) is 13.5. The van der Waals surface area contributed by atoms with Gasteiger partial charge < -0.3 is 15.0 Å². The summed E-state index contributed by atoms with van der Waals surface area (Å²) in [4.78, 5) is 28.5. The molecule has 208 valence electrons. The number of carbonyl (C=O) groups is 2. The molecule has 1 N–H and O–H groups in total. The van der Waals surface area contributed by atoms with Crippen molar-refractivity contribution in [2.24, 2.45) is 0 Å². The Bertz CT molecular complexity index is 1400. The molecular formula is C29H34ClN3O5S. The van der Waals surface area contributed by atoms with Gasteiger partial charge in [0.2, 0.25) is 11.8 Å². The molecule has 0 heterocycles. The van der Waals surface area contributed by atoms with Crippen LogP contribution in [0.4, 0.5) is 5.69 Å².